The lowest BCUT2D eigenvalue weighted by Crippen LogP contribution is -2.35. The summed E-state index contributed by atoms with van der Waals surface area (Å²) in [7, 11) is 0. The second-order valence-corrected chi connectivity index (χ2v) is 10.4. The van der Waals surface area contributed by atoms with Gasteiger partial charge in [0.2, 0.25) is 5.88 Å². The predicted molar refractivity (Wildman–Crippen MR) is 151 cm³/mol. The molecule has 42 heavy (non-hydrogen) atoms. The molecule has 2 aliphatic heterocycles. The maximum Gasteiger partial charge on any atom is 0.354 e. The third-order valence-corrected chi connectivity index (χ3v) is 7.81. The number of carboxylic acid groups (broad SMARTS) is 1. The number of nitrogens with zero attached hydrogens (tertiary/aromatic N) is 6. The van der Waals surface area contributed by atoms with E-state index in [1.54, 1.807) is 24.4 Å². The van der Waals surface area contributed by atoms with Gasteiger partial charge in [-0.2, -0.15) is 5.26 Å². The number of benzene rings is 1. The number of imidazole rings is 1. The number of halogens is 1. The zero-order valence-corrected chi connectivity index (χ0v) is 23.1. The molecule has 4 aromatic rings. The van der Waals surface area contributed by atoms with Gasteiger partial charge in [-0.3, -0.25) is 4.90 Å². The van der Waals surface area contributed by atoms with Crippen molar-refractivity contribution in [1.82, 2.24) is 30.6 Å². The Morgan fingerprint density at radius 2 is 1.98 bits per heavy atom. The minimum absolute atomic E-state index is 0. The van der Waals surface area contributed by atoms with Gasteiger partial charge in [-0.05, 0) is 68.6 Å². The molecule has 0 bridgehead atoms. The number of pyridine rings is 2. The lowest BCUT2D eigenvalue weighted by molar-refractivity contribution is -0.0593. The molecule has 4 N–H and O–H groups in total. The summed E-state index contributed by atoms with van der Waals surface area (Å²) in [6.45, 7) is 3.64. The van der Waals surface area contributed by atoms with E-state index in [9.17, 15) is 14.3 Å². The fraction of sp³-hybridized carbons (Fsp3) is 0.367. The third kappa shape index (κ3) is 6.08. The number of rotatable bonds is 9. The monoisotopic (exact) mass is 573 g/mol. The van der Waals surface area contributed by atoms with Gasteiger partial charge in [0.25, 0.3) is 0 Å². The predicted octanol–water partition coefficient (Wildman–Crippen LogP) is 4.44. The molecule has 2 aliphatic rings. The number of aromatic carboxylic acids is 1. The van der Waals surface area contributed by atoms with Gasteiger partial charge >= 0.3 is 5.97 Å². The summed E-state index contributed by atoms with van der Waals surface area (Å²) in [5, 5.41) is 18.4. The normalized spacial score (nSPS) is 17.3. The van der Waals surface area contributed by atoms with Crippen LogP contribution in [0.1, 0.15) is 58.2 Å². The van der Waals surface area contributed by atoms with E-state index in [0.29, 0.717) is 35.7 Å². The number of aromatic nitrogens is 4. The van der Waals surface area contributed by atoms with Crippen molar-refractivity contribution in [3.63, 3.8) is 0 Å². The SMILES string of the molecule is N.N#Cc1ccc(COc2ncccc2C2CCN(Cc3nc4ccc(C(=O)O)nc4n3C[C@@H]3CCO3)CC2)c(F)c1. The summed E-state index contributed by atoms with van der Waals surface area (Å²) in [6, 6.07) is 13.4. The zero-order chi connectivity index (χ0) is 28.3. The molecule has 1 atom stereocenters. The Hall–Kier alpha value is -4.44. The first-order valence-corrected chi connectivity index (χ1v) is 13.7. The van der Waals surface area contributed by atoms with E-state index < -0.39 is 11.8 Å². The Kier molecular flexibility index (Phi) is 8.72. The smallest absolute Gasteiger partial charge is 0.354 e. The topological polar surface area (TPSA) is 161 Å². The van der Waals surface area contributed by atoms with Crippen molar-refractivity contribution >= 4 is 17.1 Å². The van der Waals surface area contributed by atoms with Crippen LogP contribution in [0.3, 0.4) is 0 Å². The van der Waals surface area contributed by atoms with Crippen molar-refractivity contribution in [3.8, 4) is 11.9 Å². The summed E-state index contributed by atoms with van der Waals surface area (Å²) in [6.07, 6.45) is 4.48. The van der Waals surface area contributed by atoms with Crippen LogP contribution >= 0.6 is 0 Å². The van der Waals surface area contributed by atoms with Crippen LogP contribution in [-0.4, -0.2) is 61.3 Å². The third-order valence-electron chi connectivity index (χ3n) is 7.81. The number of likely N-dealkylation sites (tertiary alicyclic amines) is 1. The van der Waals surface area contributed by atoms with Crippen molar-refractivity contribution < 1.29 is 23.8 Å². The van der Waals surface area contributed by atoms with Gasteiger partial charge in [-0.15, -0.1) is 0 Å². The Bertz CT molecular complexity index is 1620. The van der Waals surface area contributed by atoms with Gasteiger partial charge < -0.3 is 25.3 Å². The summed E-state index contributed by atoms with van der Waals surface area (Å²) < 4.78 is 28.0. The van der Waals surface area contributed by atoms with Crippen LogP contribution in [-0.2, 0) is 24.4 Å². The average molecular weight is 574 g/mol. The van der Waals surface area contributed by atoms with Crippen molar-refractivity contribution in [3.05, 3.63) is 82.7 Å². The highest BCUT2D eigenvalue weighted by Crippen LogP contribution is 2.34. The quantitative estimate of drug-likeness (QED) is 0.293. The molecule has 12 heteroatoms. The Balaban J connectivity index is 0.00000353. The second-order valence-electron chi connectivity index (χ2n) is 10.4. The van der Waals surface area contributed by atoms with E-state index in [1.807, 2.05) is 22.8 Å². The minimum Gasteiger partial charge on any atom is -0.477 e. The number of hydrogen-bond acceptors (Lipinski definition) is 9. The van der Waals surface area contributed by atoms with Crippen molar-refractivity contribution in [1.29, 1.82) is 5.26 Å². The molecular weight excluding hydrogens is 541 g/mol. The number of piperidine rings is 1. The molecule has 11 nitrogen and oxygen atoms in total. The van der Waals surface area contributed by atoms with Crippen LogP contribution in [0.2, 0.25) is 0 Å². The number of ether oxygens (including phenoxy) is 2. The van der Waals surface area contributed by atoms with Gasteiger partial charge in [-0.25, -0.2) is 24.1 Å². The number of fused-ring (bicyclic) bond motifs is 1. The van der Waals surface area contributed by atoms with Gasteiger partial charge in [0, 0.05) is 23.9 Å². The molecule has 0 amide bonds. The van der Waals surface area contributed by atoms with E-state index in [-0.39, 0.29) is 36.0 Å². The molecule has 0 aliphatic carbocycles. The molecule has 6 rings (SSSR count). The summed E-state index contributed by atoms with van der Waals surface area (Å²) >= 11 is 0. The van der Waals surface area contributed by atoms with E-state index in [2.05, 4.69) is 14.9 Å². The molecule has 3 aromatic heterocycles. The lowest BCUT2D eigenvalue weighted by Gasteiger charge is -2.33. The minimum atomic E-state index is -1.07. The maximum absolute atomic E-state index is 14.4. The summed E-state index contributed by atoms with van der Waals surface area (Å²) in [5.41, 5.74) is 2.88. The molecule has 0 radical (unpaired) electrons. The van der Waals surface area contributed by atoms with Crippen molar-refractivity contribution in [2.24, 2.45) is 0 Å². The van der Waals surface area contributed by atoms with Crippen LogP contribution in [0.5, 0.6) is 5.88 Å². The number of hydrogen-bond donors (Lipinski definition) is 2. The Morgan fingerprint density at radius 3 is 2.67 bits per heavy atom. The standard InChI is InChI=1S/C30H29FN6O4.H3N/c31-24-14-19(15-32)3-4-21(24)18-41-29-23(2-1-10-33-29)20-7-11-36(12-8-20)17-27-34-25-5-6-26(30(38)39)35-28(25)37(27)16-22-9-13-40-22;/h1-6,10,14,20,22H,7-9,11-13,16-18H2,(H,38,39);1H3/t22-;/m0./s1. The fourth-order valence-electron chi connectivity index (χ4n) is 5.43. The van der Waals surface area contributed by atoms with Gasteiger partial charge in [0.1, 0.15) is 23.8 Å². The molecule has 0 unspecified atom stereocenters. The number of carboxylic acids is 1. The van der Waals surface area contributed by atoms with Gasteiger partial charge in [0.05, 0.1) is 30.8 Å². The molecule has 0 spiro atoms. The van der Waals surface area contributed by atoms with Crippen molar-refractivity contribution in [2.45, 2.75) is 51.0 Å². The zero-order valence-electron chi connectivity index (χ0n) is 23.1. The average Bonchev–Trinajstić information content (AvgIpc) is 3.30. The largest absolute Gasteiger partial charge is 0.477 e. The molecule has 218 valence electrons. The summed E-state index contributed by atoms with van der Waals surface area (Å²) in [4.78, 5) is 27.5. The van der Waals surface area contributed by atoms with Crippen molar-refractivity contribution in [2.75, 3.05) is 19.7 Å². The van der Waals surface area contributed by atoms with Crippen LogP contribution in [0.4, 0.5) is 4.39 Å². The van der Waals surface area contributed by atoms with Crippen LogP contribution in [0.25, 0.3) is 11.2 Å². The molecule has 1 aromatic carbocycles. The van der Waals surface area contributed by atoms with Gasteiger partial charge in [0.15, 0.2) is 11.3 Å². The first kappa shape index (κ1) is 29.1. The van der Waals surface area contributed by atoms with E-state index >= 15 is 0 Å². The highest BCUT2D eigenvalue weighted by molar-refractivity contribution is 5.88. The first-order chi connectivity index (χ1) is 20.0. The van der Waals surface area contributed by atoms with Crippen LogP contribution < -0.4 is 10.9 Å². The molecule has 5 heterocycles. The Labute approximate surface area is 242 Å². The van der Waals surface area contributed by atoms with E-state index in [1.165, 1.54) is 12.1 Å². The maximum atomic E-state index is 14.4. The van der Waals surface area contributed by atoms with Crippen LogP contribution in [0.15, 0.2) is 48.7 Å². The lowest BCUT2D eigenvalue weighted by atomic mass is 9.90. The van der Waals surface area contributed by atoms with Gasteiger partial charge in [-0.1, -0.05) is 12.1 Å². The molecule has 0 saturated carbocycles. The number of carbonyl (C=O) groups is 1. The fourth-order valence-corrected chi connectivity index (χ4v) is 5.43. The second kappa shape index (κ2) is 12.6. The summed E-state index contributed by atoms with van der Waals surface area (Å²) in [5.74, 6) is 0.0435. The van der Waals surface area contributed by atoms with E-state index in [0.717, 1.165) is 50.3 Å². The molecule has 2 fully saturated rings. The number of nitriles is 1. The van der Waals surface area contributed by atoms with E-state index in [4.69, 9.17) is 19.7 Å². The highest BCUT2D eigenvalue weighted by Gasteiger charge is 2.27. The molecular formula is C30H32FN7O4. The van der Waals surface area contributed by atoms with Crippen LogP contribution in [0, 0.1) is 17.1 Å². The first-order valence-electron chi connectivity index (χ1n) is 13.7. The Morgan fingerprint density at radius 1 is 1.17 bits per heavy atom. The molecule has 2 saturated heterocycles. The highest BCUT2D eigenvalue weighted by atomic mass is 19.1.